The summed E-state index contributed by atoms with van der Waals surface area (Å²) in [6, 6.07) is 11.1. The van der Waals surface area contributed by atoms with E-state index in [-0.39, 0.29) is 4.90 Å². The summed E-state index contributed by atoms with van der Waals surface area (Å²) in [6.45, 7) is 5.67. The van der Waals surface area contributed by atoms with Crippen LogP contribution in [0.4, 0.5) is 5.69 Å². The second-order valence-electron chi connectivity index (χ2n) is 6.42. The van der Waals surface area contributed by atoms with Gasteiger partial charge in [-0.15, -0.1) is 0 Å². The number of aryl methyl sites for hydroxylation is 2. The Labute approximate surface area is 165 Å². The van der Waals surface area contributed by atoms with E-state index in [4.69, 9.17) is 5.14 Å². The first-order valence-electron chi connectivity index (χ1n) is 9.02. The molecular formula is C20H25N3O4S. The van der Waals surface area contributed by atoms with Crippen molar-refractivity contribution in [3.05, 3.63) is 59.2 Å². The largest absolute Gasteiger partial charge is 0.341 e. The molecule has 0 saturated carbocycles. The Balaban J connectivity index is 2.09. The van der Waals surface area contributed by atoms with Crippen LogP contribution in [0.25, 0.3) is 0 Å². The van der Waals surface area contributed by atoms with Gasteiger partial charge in [0.05, 0.1) is 10.9 Å². The number of hydrogen-bond donors (Lipinski definition) is 3. The Morgan fingerprint density at radius 2 is 1.50 bits per heavy atom. The Bertz CT molecular complexity index is 947. The second kappa shape index (κ2) is 8.99. The molecule has 2 rings (SSSR count). The lowest BCUT2D eigenvalue weighted by Gasteiger charge is -2.17. The first-order valence-corrected chi connectivity index (χ1v) is 10.6. The molecule has 0 aromatic heterocycles. The molecule has 1 atom stereocenters. The third-order valence-corrected chi connectivity index (χ3v) is 5.43. The van der Waals surface area contributed by atoms with Gasteiger partial charge in [-0.3, -0.25) is 9.59 Å². The monoisotopic (exact) mass is 403 g/mol. The fourth-order valence-electron chi connectivity index (χ4n) is 2.87. The minimum atomic E-state index is -3.78. The third kappa shape index (κ3) is 5.17. The zero-order valence-electron chi connectivity index (χ0n) is 16.2. The highest BCUT2D eigenvalue weighted by Crippen LogP contribution is 2.22. The van der Waals surface area contributed by atoms with E-state index < -0.39 is 27.9 Å². The number of carbonyl (C=O) groups is 2. The second-order valence-corrected chi connectivity index (χ2v) is 7.98. The molecular weight excluding hydrogens is 378 g/mol. The van der Waals surface area contributed by atoms with Gasteiger partial charge in [0.15, 0.2) is 0 Å². The number of anilines is 1. The van der Waals surface area contributed by atoms with E-state index in [2.05, 4.69) is 10.6 Å². The quantitative estimate of drug-likeness (QED) is 0.641. The van der Waals surface area contributed by atoms with Gasteiger partial charge in [0, 0.05) is 5.69 Å². The average Bonchev–Trinajstić information content (AvgIpc) is 2.67. The summed E-state index contributed by atoms with van der Waals surface area (Å²) in [4.78, 5) is 24.7. The van der Waals surface area contributed by atoms with Gasteiger partial charge in [-0.1, -0.05) is 44.2 Å². The molecule has 7 nitrogen and oxygen atoms in total. The molecule has 0 spiro atoms. The van der Waals surface area contributed by atoms with Crippen LogP contribution < -0.4 is 15.8 Å². The number of nitrogens with one attached hydrogen (secondary N) is 2. The van der Waals surface area contributed by atoms with Crippen molar-refractivity contribution < 1.29 is 18.0 Å². The number of para-hydroxylation sites is 1. The Kier molecular flexibility index (Phi) is 6.93. The summed E-state index contributed by atoms with van der Waals surface area (Å²) in [7, 11) is -3.78. The summed E-state index contributed by atoms with van der Waals surface area (Å²) in [5, 5.41) is 10.4. The number of primary sulfonamides is 1. The highest BCUT2D eigenvalue weighted by atomic mass is 32.2. The fraction of sp³-hybridized carbons (Fsp3) is 0.300. The van der Waals surface area contributed by atoms with Crippen LogP contribution in [0.15, 0.2) is 47.4 Å². The van der Waals surface area contributed by atoms with Crippen molar-refractivity contribution in [2.45, 2.75) is 44.6 Å². The maximum Gasteiger partial charge on any atom is 0.313 e. The molecule has 0 fully saturated rings. The van der Waals surface area contributed by atoms with E-state index in [0.29, 0.717) is 11.3 Å². The molecule has 0 radical (unpaired) electrons. The van der Waals surface area contributed by atoms with E-state index in [9.17, 15) is 18.0 Å². The van der Waals surface area contributed by atoms with Gasteiger partial charge in [-0.25, -0.2) is 13.6 Å². The molecule has 1 unspecified atom stereocenters. The molecule has 0 saturated heterocycles. The van der Waals surface area contributed by atoms with Crippen LogP contribution in [0.3, 0.4) is 0 Å². The van der Waals surface area contributed by atoms with Crippen molar-refractivity contribution in [3.63, 3.8) is 0 Å². The van der Waals surface area contributed by atoms with Crippen LogP contribution in [-0.2, 0) is 32.5 Å². The highest BCUT2D eigenvalue weighted by Gasteiger charge is 2.19. The molecule has 0 aliphatic heterocycles. The van der Waals surface area contributed by atoms with Crippen molar-refractivity contribution in [1.29, 1.82) is 0 Å². The number of hydrogen-bond acceptors (Lipinski definition) is 4. The number of carbonyl (C=O) groups excluding carboxylic acids is 2. The normalized spacial score (nSPS) is 12.3. The zero-order valence-corrected chi connectivity index (χ0v) is 17.0. The molecule has 4 N–H and O–H groups in total. The SMILES string of the molecule is CCc1cccc(CC)c1NC(=O)C(=O)NC(C)c1ccc(S(N)(=O)=O)cc1. The lowest BCUT2D eigenvalue weighted by molar-refractivity contribution is -0.136. The molecule has 2 aromatic rings. The molecule has 0 aliphatic rings. The van der Waals surface area contributed by atoms with Crippen molar-refractivity contribution in [1.82, 2.24) is 5.32 Å². The van der Waals surface area contributed by atoms with E-state index in [1.54, 1.807) is 19.1 Å². The number of amides is 2. The highest BCUT2D eigenvalue weighted by molar-refractivity contribution is 7.89. The molecule has 8 heteroatoms. The lowest BCUT2D eigenvalue weighted by Crippen LogP contribution is -2.37. The van der Waals surface area contributed by atoms with E-state index in [1.165, 1.54) is 12.1 Å². The molecule has 0 bridgehead atoms. The molecule has 2 amide bonds. The Hall–Kier alpha value is -2.71. The van der Waals surface area contributed by atoms with Crippen molar-refractivity contribution in [2.24, 2.45) is 5.14 Å². The van der Waals surface area contributed by atoms with E-state index in [1.807, 2.05) is 32.0 Å². The topological polar surface area (TPSA) is 118 Å². The standard InChI is InChI=1S/C20H25N3O4S/c1-4-14-7-6-8-15(5-2)18(14)23-20(25)19(24)22-13(3)16-9-11-17(12-10-16)28(21,26)27/h6-13H,4-5H2,1-3H3,(H,22,24)(H,23,25)(H2,21,26,27). The van der Waals surface area contributed by atoms with Gasteiger partial charge in [0.2, 0.25) is 10.0 Å². The van der Waals surface area contributed by atoms with Crippen LogP contribution in [0.5, 0.6) is 0 Å². The van der Waals surface area contributed by atoms with Crippen LogP contribution >= 0.6 is 0 Å². The molecule has 150 valence electrons. The van der Waals surface area contributed by atoms with Crippen molar-refractivity contribution in [3.8, 4) is 0 Å². The summed E-state index contributed by atoms with van der Waals surface area (Å²) in [5.41, 5.74) is 3.26. The van der Waals surface area contributed by atoms with Gasteiger partial charge >= 0.3 is 11.8 Å². The maximum atomic E-state index is 12.4. The number of sulfonamides is 1. The Morgan fingerprint density at radius 3 is 1.96 bits per heavy atom. The minimum absolute atomic E-state index is 0.0178. The number of benzene rings is 2. The van der Waals surface area contributed by atoms with Gasteiger partial charge in [-0.2, -0.15) is 0 Å². The van der Waals surface area contributed by atoms with Gasteiger partial charge in [-0.05, 0) is 48.6 Å². The van der Waals surface area contributed by atoms with Crippen LogP contribution in [0.2, 0.25) is 0 Å². The number of rotatable bonds is 6. The summed E-state index contributed by atoms with van der Waals surface area (Å²) in [5.74, 6) is -1.51. The van der Waals surface area contributed by atoms with Crippen LogP contribution in [0, 0.1) is 0 Å². The predicted molar refractivity (Wildman–Crippen MR) is 108 cm³/mol. The average molecular weight is 404 g/mol. The number of nitrogens with two attached hydrogens (primary N) is 1. The van der Waals surface area contributed by atoms with Crippen LogP contribution in [0.1, 0.15) is 43.5 Å². The predicted octanol–water partition coefficient (Wildman–Crippen LogP) is 2.27. The molecule has 0 heterocycles. The van der Waals surface area contributed by atoms with Gasteiger partial charge < -0.3 is 10.6 Å². The van der Waals surface area contributed by atoms with Crippen molar-refractivity contribution >= 4 is 27.5 Å². The smallest absolute Gasteiger partial charge is 0.313 e. The van der Waals surface area contributed by atoms with E-state index >= 15 is 0 Å². The fourth-order valence-corrected chi connectivity index (χ4v) is 3.38. The third-order valence-electron chi connectivity index (χ3n) is 4.50. The summed E-state index contributed by atoms with van der Waals surface area (Å²) < 4.78 is 22.6. The first-order chi connectivity index (χ1) is 13.2. The van der Waals surface area contributed by atoms with Crippen LogP contribution in [-0.4, -0.2) is 20.2 Å². The zero-order chi connectivity index (χ0) is 20.9. The Morgan fingerprint density at radius 1 is 0.964 bits per heavy atom. The maximum absolute atomic E-state index is 12.4. The van der Waals surface area contributed by atoms with Gasteiger partial charge in [0.25, 0.3) is 0 Å². The minimum Gasteiger partial charge on any atom is -0.341 e. The van der Waals surface area contributed by atoms with E-state index in [0.717, 1.165) is 24.0 Å². The van der Waals surface area contributed by atoms with Crippen molar-refractivity contribution in [2.75, 3.05) is 5.32 Å². The molecule has 28 heavy (non-hydrogen) atoms. The summed E-state index contributed by atoms with van der Waals surface area (Å²) in [6.07, 6.45) is 1.47. The van der Waals surface area contributed by atoms with Gasteiger partial charge in [0.1, 0.15) is 0 Å². The first kappa shape index (κ1) is 21.6. The molecule has 0 aliphatic carbocycles. The summed E-state index contributed by atoms with van der Waals surface area (Å²) >= 11 is 0. The molecule has 2 aromatic carbocycles. The lowest BCUT2D eigenvalue weighted by atomic mass is 10.0.